The average Bonchev–Trinajstić information content (AvgIpc) is 3.07. The average molecular weight is 380 g/mol. The third-order valence-corrected chi connectivity index (χ3v) is 4.39. The fourth-order valence-corrected chi connectivity index (χ4v) is 3.08. The zero-order valence-corrected chi connectivity index (χ0v) is 14.6. The predicted octanol–water partition coefficient (Wildman–Crippen LogP) is 2.98. The molecule has 3 N–H and O–H groups in total. The zero-order chi connectivity index (χ0) is 18.0. The highest BCUT2D eigenvalue weighted by atomic mass is 35.5. The number of aliphatic hydroxyl groups is 1. The minimum absolute atomic E-state index is 0.00294. The molecule has 3 aromatic rings. The number of hydrogen-bond acceptors (Lipinski definition) is 7. The van der Waals surface area contributed by atoms with Crippen molar-refractivity contribution in [2.24, 2.45) is 0 Å². The number of pyridine rings is 1. The second-order valence-corrected chi connectivity index (χ2v) is 6.48. The molecule has 0 aliphatic rings. The van der Waals surface area contributed by atoms with Crippen molar-refractivity contribution >= 4 is 44.9 Å². The fraction of sp³-hybridized carbons (Fsp3) is 0.188. The number of fused-ring (bicyclic) bond motifs is 1. The van der Waals surface area contributed by atoms with E-state index in [0.717, 1.165) is 0 Å². The summed E-state index contributed by atoms with van der Waals surface area (Å²) in [7, 11) is 1.41. The number of amides is 1. The van der Waals surface area contributed by atoms with E-state index in [1.807, 2.05) is 0 Å². The molecule has 0 saturated carbocycles. The number of hydrogen-bond donors (Lipinski definition) is 3. The van der Waals surface area contributed by atoms with E-state index in [9.17, 15) is 15.0 Å². The van der Waals surface area contributed by atoms with Gasteiger partial charge in [0.05, 0.1) is 17.8 Å². The van der Waals surface area contributed by atoms with Gasteiger partial charge in [-0.2, -0.15) is 0 Å². The lowest BCUT2D eigenvalue weighted by molar-refractivity contribution is 0.0607. The summed E-state index contributed by atoms with van der Waals surface area (Å²) in [6.45, 7) is -0.0873. The number of carbonyl (C=O) groups is 1. The summed E-state index contributed by atoms with van der Waals surface area (Å²) in [6.07, 6.45) is 0.345. The Bertz CT molecular complexity index is 917. The van der Waals surface area contributed by atoms with Crippen LogP contribution in [-0.2, 0) is 4.74 Å². The van der Waals surface area contributed by atoms with Crippen molar-refractivity contribution in [1.29, 1.82) is 0 Å². The number of nitrogens with zero attached hydrogens (tertiary/aromatic N) is 2. The monoisotopic (exact) mass is 379 g/mol. The van der Waals surface area contributed by atoms with Crippen molar-refractivity contribution in [3.63, 3.8) is 0 Å². The van der Waals surface area contributed by atoms with Crippen LogP contribution in [0.5, 0.6) is 5.75 Å². The van der Waals surface area contributed by atoms with Gasteiger partial charge in [0.2, 0.25) is 0 Å². The maximum absolute atomic E-state index is 12.7. The molecule has 1 aromatic carbocycles. The van der Waals surface area contributed by atoms with Gasteiger partial charge in [-0.25, -0.2) is 9.97 Å². The molecule has 1 unspecified atom stereocenters. The van der Waals surface area contributed by atoms with Gasteiger partial charge in [-0.05, 0) is 18.2 Å². The molecule has 0 fully saturated rings. The maximum Gasteiger partial charge on any atom is 0.263 e. The van der Waals surface area contributed by atoms with E-state index in [1.165, 1.54) is 18.4 Å². The molecule has 3 rings (SSSR count). The molecule has 1 amide bonds. The molecule has 130 valence electrons. The molecule has 2 heterocycles. The van der Waals surface area contributed by atoms with Crippen LogP contribution in [0.3, 0.4) is 0 Å². The molecule has 0 bridgehead atoms. The van der Waals surface area contributed by atoms with Gasteiger partial charge in [-0.3, -0.25) is 10.1 Å². The van der Waals surface area contributed by atoms with Gasteiger partial charge in [0.15, 0.2) is 5.13 Å². The normalized spacial score (nSPS) is 12.3. The highest BCUT2D eigenvalue weighted by Gasteiger charge is 2.26. The van der Waals surface area contributed by atoms with Crippen molar-refractivity contribution in [2.75, 3.05) is 19.0 Å². The molecule has 0 spiro atoms. The Morgan fingerprint density at radius 2 is 2.28 bits per heavy atom. The summed E-state index contributed by atoms with van der Waals surface area (Å²) in [5.74, 6) is -0.914. The van der Waals surface area contributed by atoms with Crippen molar-refractivity contribution in [2.45, 2.75) is 6.10 Å². The molecular formula is C16H14ClN3O4S. The summed E-state index contributed by atoms with van der Waals surface area (Å²) >= 11 is 7.20. The van der Waals surface area contributed by atoms with E-state index >= 15 is 0 Å². The van der Waals surface area contributed by atoms with Crippen LogP contribution < -0.4 is 5.32 Å². The molecule has 7 nitrogen and oxygen atoms in total. The fourth-order valence-electron chi connectivity index (χ4n) is 2.39. The van der Waals surface area contributed by atoms with E-state index < -0.39 is 12.0 Å². The van der Waals surface area contributed by atoms with Gasteiger partial charge in [0.1, 0.15) is 17.4 Å². The lowest BCUT2D eigenvalue weighted by Gasteiger charge is -2.16. The quantitative estimate of drug-likeness (QED) is 0.629. The number of methoxy groups -OCH3 is 1. The molecule has 2 aromatic heterocycles. The Morgan fingerprint density at radius 1 is 1.48 bits per heavy atom. The SMILES string of the molecule is COCC(O)c1nc2cc(Cl)ccc2c(O)c1C(=O)Nc1nccs1. The second-order valence-electron chi connectivity index (χ2n) is 5.14. The predicted molar refractivity (Wildman–Crippen MR) is 95.3 cm³/mol. The summed E-state index contributed by atoms with van der Waals surface area (Å²) in [4.78, 5) is 20.9. The molecule has 0 aliphatic carbocycles. The van der Waals surface area contributed by atoms with Gasteiger partial charge in [-0.15, -0.1) is 11.3 Å². The van der Waals surface area contributed by atoms with Crippen LogP contribution in [0, 0.1) is 0 Å². The Labute approximate surface area is 151 Å². The Morgan fingerprint density at radius 3 is 2.96 bits per heavy atom. The number of carbonyl (C=O) groups excluding carboxylic acids is 1. The summed E-state index contributed by atoms with van der Waals surface area (Å²) in [6, 6.07) is 4.69. The number of rotatable bonds is 5. The van der Waals surface area contributed by atoms with Crippen LogP contribution >= 0.6 is 22.9 Å². The number of nitrogens with one attached hydrogen (secondary N) is 1. The number of thiazole rings is 1. The number of aliphatic hydroxyl groups excluding tert-OH is 1. The number of aromatic hydroxyl groups is 1. The zero-order valence-electron chi connectivity index (χ0n) is 13.1. The third kappa shape index (κ3) is 3.57. The van der Waals surface area contributed by atoms with Crippen molar-refractivity contribution in [3.05, 3.63) is 46.1 Å². The van der Waals surface area contributed by atoms with Gasteiger partial charge in [-0.1, -0.05) is 11.6 Å². The number of aromatic nitrogens is 2. The van der Waals surface area contributed by atoms with E-state index in [2.05, 4.69) is 15.3 Å². The highest BCUT2D eigenvalue weighted by Crippen LogP contribution is 2.34. The van der Waals surface area contributed by atoms with E-state index in [1.54, 1.807) is 29.8 Å². The molecule has 25 heavy (non-hydrogen) atoms. The van der Waals surface area contributed by atoms with E-state index in [4.69, 9.17) is 16.3 Å². The number of benzene rings is 1. The second kappa shape index (κ2) is 7.32. The third-order valence-electron chi connectivity index (χ3n) is 3.47. The minimum atomic E-state index is -1.20. The standard InChI is InChI=1S/C16H14ClN3O4S/c1-24-7-11(21)13-12(15(23)20-16-18-4-5-25-16)14(22)9-3-2-8(17)6-10(9)19-13/h2-6,11,21H,7H2,1H3,(H,19,22)(H,18,20,23). The molecular weight excluding hydrogens is 366 g/mol. The molecule has 9 heteroatoms. The molecule has 1 atom stereocenters. The van der Waals surface area contributed by atoms with Crippen molar-refractivity contribution < 1.29 is 19.7 Å². The Balaban J connectivity index is 2.16. The smallest absolute Gasteiger partial charge is 0.263 e. The van der Waals surface area contributed by atoms with Gasteiger partial charge < -0.3 is 14.9 Å². The first-order chi connectivity index (χ1) is 12.0. The number of anilines is 1. The summed E-state index contributed by atoms with van der Waals surface area (Å²) in [5, 5.41) is 26.4. The Hall–Kier alpha value is -2.26. The van der Waals surface area contributed by atoms with Crippen LogP contribution in [-0.4, -0.2) is 39.8 Å². The van der Waals surface area contributed by atoms with Crippen molar-refractivity contribution in [1.82, 2.24) is 9.97 Å². The van der Waals surface area contributed by atoms with Crippen LogP contribution in [0.2, 0.25) is 5.02 Å². The first kappa shape index (κ1) is 17.6. The first-order valence-corrected chi connectivity index (χ1v) is 8.47. The highest BCUT2D eigenvalue weighted by molar-refractivity contribution is 7.13. The minimum Gasteiger partial charge on any atom is -0.506 e. The first-order valence-electron chi connectivity index (χ1n) is 7.21. The molecule has 0 aliphatic heterocycles. The van der Waals surface area contributed by atoms with Gasteiger partial charge in [0, 0.05) is 29.1 Å². The van der Waals surface area contributed by atoms with Gasteiger partial charge >= 0.3 is 0 Å². The van der Waals surface area contributed by atoms with Crippen LogP contribution in [0.4, 0.5) is 5.13 Å². The van der Waals surface area contributed by atoms with Crippen LogP contribution in [0.1, 0.15) is 22.2 Å². The molecule has 0 saturated heterocycles. The summed E-state index contributed by atoms with van der Waals surface area (Å²) < 4.78 is 4.93. The van der Waals surface area contributed by atoms with Crippen LogP contribution in [0.15, 0.2) is 29.8 Å². The number of ether oxygens (including phenoxy) is 1. The van der Waals surface area contributed by atoms with Crippen molar-refractivity contribution in [3.8, 4) is 5.75 Å². The lowest BCUT2D eigenvalue weighted by Crippen LogP contribution is -2.19. The topological polar surface area (TPSA) is 105 Å². The summed E-state index contributed by atoms with van der Waals surface area (Å²) in [5.41, 5.74) is 0.235. The maximum atomic E-state index is 12.7. The van der Waals surface area contributed by atoms with E-state index in [-0.39, 0.29) is 23.6 Å². The number of halogens is 1. The lowest BCUT2D eigenvalue weighted by atomic mass is 10.0. The Kier molecular flexibility index (Phi) is 5.14. The molecule has 0 radical (unpaired) electrons. The van der Waals surface area contributed by atoms with E-state index in [0.29, 0.717) is 21.1 Å². The van der Waals surface area contributed by atoms with Gasteiger partial charge in [0.25, 0.3) is 5.91 Å². The van der Waals surface area contributed by atoms with Crippen LogP contribution in [0.25, 0.3) is 10.9 Å². The largest absolute Gasteiger partial charge is 0.506 e.